The SMILES string of the molecule is CC(C)(C)OC(=O)N1CC(C=O)C1.CC(C)(C)OC(=O)N1CC(CC(C#N)c2ccc([N+](=O)[O-])cc2)C1.CS(=O)(=O)N1CC(CC(C#N)c2ccc(N)cc2)C1.CS(=O)(=O)N1CC(CC(C#N)c2ccc([N+](=O)[O-])cc2)C1.N#CC(CC1CNC1)c1ccc([N+](=O)[O-])cc1.N#CCc1ccc([N+](=O)[O-])cc1. The Kier molecular flexibility index (Phi) is 31.6. The Hall–Kier alpha value is -11.1. The van der Waals surface area contributed by atoms with Gasteiger partial charge in [0.1, 0.15) is 17.5 Å². The predicted molar refractivity (Wildman–Crippen MR) is 389 cm³/mol. The summed E-state index contributed by atoms with van der Waals surface area (Å²) in [5.41, 5.74) is 9.52. The fraction of sp³-hybridized carbons (Fsp3) is 0.472. The van der Waals surface area contributed by atoms with Gasteiger partial charge in [-0.1, -0.05) is 60.7 Å². The highest BCUT2D eigenvalue weighted by Crippen LogP contribution is 2.35. The van der Waals surface area contributed by atoms with E-state index >= 15 is 0 Å². The van der Waals surface area contributed by atoms with Gasteiger partial charge in [0.25, 0.3) is 22.7 Å². The first-order chi connectivity index (χ1) is 49.8. The van der Waals surface area contributed by atoms with Crippen molar-refractivity contribution in [2.45, 2.75) is 109 Å². The molecule has 4 unspecified atom stereocenters. The molecule has 5 saturated heterocycles. The van der Waals surface area contributed by atoms with E-state index in [1.807, 2.05) is 59.7 Å². The van der Waals surface area contributed by atoms with Crippen molar-refractivity contribution >= 4 is 67.0 Å². The quantitative estimate of drug-likeness (QED) is 0.0316. The van der Waals surface area contributed by atoms with Crippen LogP contribution in [0.3, 0.4) is 0 Å². The number of aldehydes is 1. The van der Waals surface area contributed by atoms with Gasteiger partial charge in [0.05, 0.1) is 98.6 Å². The second kappa shape index (κ2) is 39.2. The summed E-state index contributed by atoms with van der Waals surface area (Å²) in [7, 11) is -6.22. The first-order valence-corrected chi connectivity index (χ1v) is 37.3. The first-order valence-electron chi connectivity index (χ1n) is 33.6. The lowest BCUT2D eigenvalue weighted by Gasteiger charge is -2.40. The number of ether oxygens (including phenoxy) is 2. The van der Waals surface area contributed by atoms with Crippen LogP contribution in [0.5, 0.6) is 0 Å². The number of anilines is 1. The molecule has 5 aliphatic heterocycles. The van der Waals surface area contributed by atoms with Gasteiger partial charge in [0.15, 0.2) is 0 Å². The van der Waals surface area contributed by atoms with Crippen LogP contribution in [0.4, 0.5) is 38.0 Å². The zero-order valence-electron chi connectivity index (χ0n) is 60.1. The fourth-order valence-electron chi connectivity index (χ4n) is 11.1. The third-order valence-electron chi connectivity index (χ3n) is 17.2. The number of rotatable bonds is 20. The molecule has 4 atom stereocenters. The number of amides is 2. The molecule has 0 saturated carbocycles. The van der Waals surface area contributed by atoms with Gasteiger partial charge in [-0.05, 0) is 144 Å². The molecule has 5 aromatic carbocycles. The smallest absolute Gasteiger partial charge is 0.410 e. The second-order valence-electron chi connectivity index (χ2n) is 28.1. The van der Waals surface area contributed by atoms with Crippen LogP contribution in [0.2, 0.25) is 0 Å². The van der Waals surface area contributed by atoms with Crippen LogP contribution in [-0.2, 0) is 40.7 Å². The van der Waals surface area contributed by atoms with Gasteiger partial charge in [0.2, 0.25) is 20.0 Å². The number of nitrogen functional groups attached to an aromatic ring is 1. The zero-order valence-corrected chi connectivity index (χ0v) is 61.7. The van der Waals surface area contributed by atoms with Crippen molar-refractivity contribution in [1.29, 1.82) is 26.3 Å². The number of non-ortho nitro benzene ring substituents is 4. The van der Waals surface area contributed by atoms with Gasteiger partial charge in [-0.15, -0.1) is 0 Å². The van der Waals surface area contributed by atoms with Gasteiger partial charge in [0, 0.05) is 107 Å². The van der Waals surface area contributed by atoms with Crippen molar-refractivity contribution in [3.63, 3.8) is 0 Å². The van der Waals surface area contributed by atoms with Gasteiger partial charge in [-0.2, -0.15) is 26.3 Å². The average Bonchev–Trinajstić information content (AvgIpc) is 0.814. The number of nitro benzene ring substituents is 4. The number of carbonyl (C=O) groups is 3. The van der Waals surface area contributed by atoms with Gasteiger partial charge < -0.3 is 35.1 Å². The van der Waals surface area contributed by atoms with E-state index in [1.54, 1.807) is 65.6 Å². The normalized spacial score (nSPS) is 16.4. The monoisotopic (exact) mass is 1500 g/mol. The molecular formula is C72H87N15O17S2. The molecule has 5 aromatic rings. The predicted octanol–water partition coefficient (Wildman–Crippen LogP) is 10.6. The molecule has 34 heteroatoms. The number of likely N-dealkylation sites (tertiary alicyclic amines) is 2. The van der Waals surface area contributed by atoms with E-state index in [1.165, 1.54) is 74.6 Å². The Balaban J connectivity index is 0.000000232. The van der Waals surface area contributed by atoms with Gasteiger partial charge in [-0.25, -0.2) is 35.0 Å². The van der Waals surface area contributed by atoms with Crippen LogP contribution in [0.1, 0.15) is 119 Å². The van der Waals surface area contributed by atoms with Gasteiger partial charge >= 0.3 is 12.2 Å². The maximum Gasteiger partial charge on any atom is 0.410 e. The summed E-state index contributed by atoms with van der Waals surface area (Å²) in [5.74, 6) is 0.125. The minimum absolute atomic E-state index is 0.00696. The number of nitrogens with two attached hydrogens (primary N) is 1. The van der Waals surface area contributed by atoms with E-state index < -0.39 is 50.9 Å². The van der Waals surface area contributed by atoms with Crippen molar-refractivity contribution in [2.75, 3.05) is 83.7 Å². The molecule has 10 rings (SSSR count). The maximum absolute atomic E-state index is 11.9. The summed E-state index contributed by atoms with van der Waals surface area (Å²) < 4.78 is 58.3. The molecule has 0 bridgehead atoms. The summed E-state index contributed by atoms with van der Waals surface area (Å²) in [4.78, 5) is 76.8. The number of sulfonamides is 2. The van der Waals surface area contributed by atoms with Crippen molar-refractivity contribution in [3.05, 3.63) is 190 Å². The highest BCUT2D eigenvalue weighted by Gasteiger charge is 2.38. The molecule has 5 heterocycles. The van der Waals surface area contributed by atoms with Crippen molar-refractivity contribution in [3.8, 4) is 30.3 Å². The van der Waals surface area contributed by atoms with Gasteiger partial charge in [-0.3, -0.25) is 40.5 Å². The van der Waals surface area contributed by atoms with Crippen molar-refractivity contribution in [1.82, 2.24) is 23.7 Å². The molecule has 0 radical (unpaired) electrons. The summed E-state index contributed by atoms with van der Waals surface area (Å²) >= 11 is 0. The lowest BCUT2D eigenvalue weighted by atomic mass is 9.86. The molecule has 2 amide bonds. The molecule has 32 nitrogen and oxygen atoms in total. The molecule has 0 aromatic heterocycles. The average molecular weight is 1500 g/mol. The largest absolute Gasteiger partial charge is 0.444 e. The first kappa shape index (κ1) is 85.6. The molecule has 564 valence electrons. The van der Waals surface area contributed by atoms with E-state index in [0.717, 1.165) is 53.6 Å². The Morgan fingerprint density at radius 3 is 1.01 bits per heavy atom. The molecule has 106 heavy (non-hydrogen) atoms. The zero-order chi connectivity index (χ0) is 78.9. The van der Waals surface area contributed by atoms with Crippen LogP contribution in [-0.4, -0.2) is 163 Å². The Labute approximate surface area is 616 Å². The van der Waals surface area contributed by atoms with Crippen LogP contribution in [0.25, 0.3) is 0 Å². The molecule has 0 spiro atoms. The third kappa shape index (κ3) is 27.9. The molecule has 5 fully saturated rings. The molecule has 3 N–H and O–H groups in total. The maximum atomic E-state index is 11.9. The lowest BCUT2D eigenvalue weighted by Crippen LogP contribution is -2.52. The van der Waals surface area contributed by atoms with Crippen LogP contribution in [0, 0.1) is 127 Å². The summed E-state index contributed by atoms with van der Waals surface area (Å²) in [5, 5.41) is 90.4. The molecule has 0 aliphatic carbocycles. The summed E-state index contributed by atoms with van der Waals surface area (Å²) in [6.45, 7) is 16.9. The summed E-state index contributed by atoms with van der Waals surface area (Å²) in [6.07, 6.45) is 5.57. The van der Waals surface area contributed by atoms with Crippen LogP contribution >= 0.6 is 0 Å². The Morgan fingerprint density at radius 1 is 0.491 bits per heavy atom. The number of hydrogen-bond donors (Lipinski definition) is 2. The Bertz CT molecular complexity index is 4290. The highest BCUT2D eigenvalue weighted by atomic mass is 32.2. The number of benzene rings is 5. The number of nitrogens with one attached hydrogen (secondary N) is 1. The van der Waals surface area contributed by atoms with Crippen molar-refractivity contribution < 1.29 is 60.4 Å². The minimum Gasteiger partial charge on any atom is -0.444 e. The third-order valence-corrected chi connectivity index (χ3v) is 19.7. The number of nitriles is 5. The lowest BCUT2D eigenvalue weighted by molar-refractivity contribution is -0.385. The number of hydrogen-bond acceptors (Lipinski definition) is 24. The number of carbonyl (C=O) groups excluding carboxylic acids is 3. The fourth-order valence-corrected chi connectivity index (χ4v) is 13.0. The topological polar surface area (TPSA) is 480 Å². The summed E-state index contributed by atoms with van der Waals surface area (Å²) in [6, 6.07) is 42.4. The number of nitrogens with zero attached hydrogens (tertiary/aromatic N) is 13. The van der Waals surface area contributed by atoms with E-state index in [9.17, 15) is 87.5 Å². The standard InChI is InChI=1S/C17H21N3O4.C13H15N3O4S.C13H17N3O2S.C12H13N3O2.C9H15NO3.C8H6N2O2/c1-17(2,3)24-16(21)19-10-12(11-19)8-14(9-18)13-4-6-15(7-5-13)20(22)23;1-21(19,20)15-8-10(9-15)6-12(7-14)11-2-4-13(5-3-11)16(17)18;1-19(17,18)16-8-10(9-16)6-12(7-14)11-2-4-13(15)5-3-11;13-6-11(5-9-7-14-8-9)10-1-3-12(4-2-10)15(16)17;1-9(2,3)13-8(12)10-4-7(5-10)6-11;9-6-5-7-1-3-8(4-2-7)10(11)12/h4-7,12,14H,8,10-11H2,1-3H3;2-5,10,12H,6,8-9H2,1H3;2-5,10,12H,6,8-9,15H2,1H3;1-4,9,11,14H,5,7-8H2;6-7H,4-5H2,1-3H3;1-4H,5H2. The van der Waals surface area contributed by atoms with E-state index in [2.05, 4.69) is 29.6 Å². The van der Waals surface area contributed by atoms with E-state index in [4.69, 9.17) is 25.7 Å². The van der Waals surface area contributed by atoms with E-state index in [-0.39, 0.29) is 88.7 Å². The number of nitro groups is 4. The van der Waals surface area contributed by atoms with Crippen molar-refractivity contribution in [2.24, 2.45) is 29.6 Å². The Morgan fingerprint density at radius 2 is 0.764 bits per heavy atom. The van der Waals surface area contributed by atoms with E-state index in [0.29, 0.717) is 83.2 Å². The molecular weight excluding hydrogens is 1410 g/mol. The van der Waals surface area contributed by atoms with Crippen LogP contribution < -0.4 is 11.1 Å². The molecule has 5 aliphatic rings. The van der Waals surface area contributed by atoms with Crippen LogP contribution in [0.15, 0.2) is 121 Å². The second-order valence-corrected chi connectivity index (χ2v) is 32.1. The highest BCUT2D eigenvalue weighted by molar-refractivity contribution is 7.88. The minimum atomic E-state index is -3.15.